The lowest BCUT2D eigenvalue weighted by Crippen LogP contribution is -2.42. The van der Waals surface area contributed by atoms with Gasteiger partial charge in [0.2, 0.25) is 5.91 Å². The number of hydrogen-bond donors (Lipinski definition) is 1. The molecule has 1 aromatic heterocycles. The first-order valence-corrected chi connectivity index (χ1v) is 7.04. The van der Waals surface area contributed by atoms with Crippen LogP contribution in [0.3, 0.4) is 0 Å². The average molecular weight is 281 g/mol. The minimum atomic E-state index is 0.0386. The number of aromatic amines is 1. The van der Waals surface area contributed by atoms with Crippen molar-refractivity contribution in [2.24, 2.45) is 5.92 Å². The van der Waals surface area contributed by atoms with Crippen molar-refractivity contribution in [3.8, 4) is 0 Å². The second-order valence-electron chi connectivity index (χ2n) is 5.08. The monoisotopic (exact) mass is 281 g/mol. The Morgan fingerprint density at radius 3 is 2.75 bits per heavy atom. The maximum absolute atomic E-state index is 12.6. The molecule has 0 aromatic carbocycles. The molecule has 1 aliphatic rings. The van der Waals surface area contributed by atoms with Gasteiger partial charge in [-0.25, -0.2) is 4.98 Å². The summed E-state index contributed by atoms with van der Waals surface area (Å²) < 4.78 is 10.2. The summed E-state index contributed by atoms with van der Waals surface area (Å²) in [5.41, 5.74) is 2.21. The van der Waals surface area contributed by atoms with Gasteiger partial charge in [-0.15, -0.1) is 0 Å². The maximum atomic E-state index is 12.6. The average Bonchev–Trinajstić information content (AvgIpc) is 2.94. The SMILES string of the molecule is COCCN(CCOC)C(=O)C1CCc2nc[nH]c2C1. The van der Waals surface area contributed by atoms with Gasteiger partial charge in [0.15, 0.2) is 0 Å². The quantitative estimate of drug-likeness (QED) is 0.796. The van der Waals surface area contributed by atoms with Crippen LogP contribution in [0.4, 0.5) is 0 Å². The lowest BCUT2D eigenvalue weighted by Gasteiger charge is -2.28. The molecule has 1 heterocycles. The van der Waals surface area contributed by atoms with Gasteiger partial charge in [0.05, 0.1) is 25.2 Å². The molecule has 0 fully saturated rings. The third-order valence-electron chi connectivity index (χ3n) is 3.78. The first kappa shape index (κ1) is 15.0. The molecular weight excluding hydrogens is 258 g/mol. The van der Waals surface area contributed by atoms with Gasteiger partial charge in [0, 0.05) is 45.3 Å². The van der Waals surface area contributed by atoms with Gasteiger partial charge in [-0.1, -0.05) is 0 Å². The molecular formula is C14H23N3O3. The van der Waals surface area contributed by atoms with E-state index in [1.807, 2.05) is 4.90 Å². The second-order valence-corrected chi connectivity index (χ2v) is 5.08. The highest BCUT2D eigenvalue weighted by Gasteiger charge is 2.29. The minimum absolute atomic E-state index is 0.0386. The number of carbonyl (C=O) groups is 1. The van der Waals surface area contributed by atoms with Crippen LogP contribution < -0.4 is 0 Å². The van der Waals surface area contributed by atoms with Crippen molar-refractivity contribution >= 4 is 5.91 Å². The van der Waals surface area contributed by atoms with Crippen molar-refractivity contribution in [2.75, 3.05) is 40.5 Å². The number of aryl methyl sites for hydroxylation is 1. The Morgan fingerprint density at radius 1 is 1.40 bits per heavy atom. The van der Waals surface area contributed by atoms with E-state index in [2.05, 4.69) is 9.97 Å². The number of hydrogen-bond acceptors (Lipinski definition) is 4. The van der Waals surface area contributed by atoms with Crippen LogP contribution in [-0.2, 0) is 27.1 Å². The number of amides is 1. The fourth-order valence-electron chi connectivity index (χ4n) is 2.61. The van der Waals surface area contributed by atoms with E-state index in [1.165, 1.54) is 0 Å². The van der Waals surface area contributed by atoms with E-state index in [1.54, 1.807) is 20.5 Å². The molecule has 0 saturated carbocycles. The summed E-state index contributed by atoms with van der Waals surface area (Å²) in [7, 11) is 3.30. The zero-order chi connectivity index (χ0) is 14.4. The predicted molar refractivity (Wildman–Crippen MR) is 74.4 cm³/mol. The Bertz CT molecular complexity index is 425. The Labute approximate surface area is 119 Å². The van der Waals surface area contributed by atoms with Crippen LogP contribution in [0.2, 0.25) is 0 Å². The van der Waals surface area contributed by atoms with Crippen LogP contribution in [0.5, 0.6) is 0 Å². The predicted octanol–water partition coefficient (Wildman–Crippen LogP) is 0.636. The normalized spacial score (nSPS) is 17.8. The third-order valence-corrected chi connectivity index (χ3v) is 3.78. The van der Waals surface area contributed by atoms with E-state index in [9.17, 15) is 4.79 Å². The van der Waals surface area contributed by atoms with Crippen LogP contribution >= 0.6 is 0 Å². The summed E-state index contributed by atoms with van der Waals surface area (Å²) in [6, 6.07) is 0. The Balaban J connectivity index is 1.96. The minimum Gasteiger partial charge on any atom is -0.383 e. The van der Waals surface area contributed by atoms with Gasteiger partial charge in [-0.2, -0.15) is 0 Å². The van der Waals surface area contributed by atoms with Crippen LogP contribution in [0.1, 0.15) is 17.8 Å². The highest BCUT2D eigenvalue weighted by Crippen LogP contribution is 2.24. The van der Waals surface area contributed by atoms with E-state index in [-0.39, 0.29) is 11.8 Å². The van der Waals surface area contributed by atoms with Crippen molar-refractivity contribution in [2.45, 2.75) is 19.3 Å². The number of rotatable bonds is 7. The standard InChI is InChI=1S/C14H23N3O3/c1-19-7-5-17(6-8-20-2)14(18)11-3-4-12-13(9-11)16-10-15-12/h10-11H,3-9H2,1-2H3,(H,15,16). The molecule has 6 nitrogen and oxygen atoms in total. The molecule has 1 amide bonds. The van der Waals surface area contributed by atoms with Gasteiger partial charge in [-0.3, -0.25) is 4.79 Å². The largest absolute Gasteiger partial charge is 0.383 e. The summed E-state index contributed by atoms with van der Waals surface area (Å²) in [6.45, 7) is 2.34. The number of imidazole rings is 1. The van der Waals surface area contributed by atoms with Gasteiger partial charge < -0.3 is 19.4 Å². The van der Waals surface area contributed by atoms with Crippen LogP contribution in [0.25, 0.3) is 0 Å². The molecule has 20 heavy (non-hydrogen) atoms. The number of carbonyl (C=O) groups excluding carboxylic acids is 1. The molecule has 0 saturated heterocycles. The number of aromatic nitrogens is 2. The number of H-pyrrole nitrogens is 1. The van der Waals surface area contributed by atoms with Crippen molar-refractivity contribution in [1.29, 1.82) is 0 Å². The molecule has 1 aromatic rings. The molecule has 0 radical (unpaired) electrons. The Morgan fingerprint density at radius 2 is 2.10 bits per heavy atom. The number of fused-ring (bicyclic) bond motifs is 1. The summed E-state index contributed by atoms with van der Waals surface area (Å²) in [5, 5.41) is 0. The zero-order valence-electron chi connectivity index (χ0n) is 12.2. The fraction of sp³-hybridized carbons (Fsp3) is 0.714. The van der Waals surface area contributed by atoms with Crippen molar-refractivity contribution in [3.05, 3.63) is 17.7 Å². The molecule has 6 heteroatoms. The first-order valence-electron chi connectivity index (χ1n) is 7.04. The molecule has 0 aliphatic heterocycles. The molecule has 2 rings (SSSR count). The number of nitrogens with one attached hydrogen (secondary N) is 1. The topological polar surface area (TPSA) is 67.5 Å². The van der Waals surface area contributed by atoms with E-state index in [4.69, 9.17) is 9.47 Å². The third kappa shape index (κ3) is 3.58. The highest BCUT2D eigenvalue weighted by atomic mass is 16.5. The lowest BCUT2D eigenvalue weighted by atomic mass is 9.88. The number of methoxy groups -OCH3 is 2. The van der Waals surface area contributed by atoms with Gasteiger partial charge >= 0.3 is 0 Å². The summed E-state index contributed by atoms with van der Waals surface area (Å²) in [6.07, 6.45) is 4.21. The van der Waals surface area contributed by atoms with E-state index in [0.717, 1.165) is 30.7 Å². The van der Waals surface area contributed by atoms with Gasteiger partial charge in [-0.05, 0) is 12.8 Å². The maximum Gasteiger partial charge on any atom is 0.226 e. The summed E-state index contributed by atoms with van der Waals surface area (Å²) in [5.74, 6) is 0.232. The van der Waals surface area contributed by atoms with E-state index < -0.39 is 0 Å². The molecule has 1 unspecified atom stereocenters. The Kier molecular flexibility index (Phi) is 5.55. The molecule has 112 valence electrons. The van der Waals surface area contributed by atoms with Crippen LogP contribution in [0.15, 0.2) is 6.33 Å². The molecule has 0 bridgehead atoms. The smallest absolute Gasteiger partial charge is 0.226 e. The van der Waals surface area contributed by atoms with Crippen molar-refractivity contribution < 1.29 is 14.3 Å². The molecule has 1 aliphatic carbocycles. The number of nitrogens with zero attached hydrogens (tertiary/aromatic N) is 2. The van der Waals surface area contributed by atoms with Crippen LogP contribution in [0, 0.1) is 5.92 Å². The Hall–Kier alpha value is -1.40. The van der Waals surface area contributed by atoms with E-state index in [0.29, 0.717) is 26.3 Å². The van der Waals surface area contributed by atoms with E-state index >= 15 is 0 Å². The van der Waals surface area contributed by atoms with Crippen LogP contribution in [-0.4, -0.2) is 61.3 Å². The summed E-state index contributed by atoms with van der Waals surface area (Å²) >= 11 is 0. The highest BCUT2D eigenvalue weighted by molar-refractivity contribution is 5.79. The van der Waals surface area contributed by atoms with Crippen molar-refractivity contribution in [3.63, 3.8) is 0 Å². The molecule has 1 atom stereocenters. The molecule has 0 spiro atoms. The second kappa shape index (κ2) is 7.40. The zero-order valence-corrected chi connectivity index (χ0v) is 12.2. The lowest BCUT2D eigenvalue weighted by molar-refractivity contribution is -0.137. The first-order chi connectivity index (χ1) is 9.76. The number of ether oxygens (including phenoxy) is 2. The van der Waals surface area contributed by atoms with Gasteiger partial charge in [0.1, 0.15) is 0 Å². The van der Waals surface area contributed by atoms with Crippen molar-refractivity contribution in [1.82, 2.24) is 14.9 Å². The summed E-state index contributed by atoms with van der Waals surface area (Å²) in [4.78, 5) is 21.9. The fourth-order valence-corrected chi connectivity index (χ4v) is 2.61. The molecule has 1 N–H and O–H groups in total. The van der Waals surface area contributed by atoms with Gasteiger partial charge in [0.25, 0.3) is 0 Å².